The predicted molar refractivity (Wildman–Crippen MR) is 87.3 cm³/mol. The Labute approximate surface area is 139 Å². The maximum Gasteiger partial charge on any atom is 0.342 e. The largest absolute Gasteiger partial charge is 0.451 e. The Balaban J connectivity index is 2.03. The van der Waals surface area contributed by atoms with E-state index in [1.807, 2.05) is 0 Å². The summed E-state index contributed by atoms with van der Waals surface area (Å²) in [6.07, 6.45) is 2.90. The van der Waals surface area contributed by atoms with Crippen molar-refractivity contribution in [1.29, 1.82) is 0 Å². The first-order chi connectivity index (χ1) is 11.2. The van der Waals surface area contributed by atoms with Crippen molar-refractivity contribution in [1.82, 2.24) is 9.78 Å². The van der Waals surface area contributed by atoms with E-state index in [9.17, 15) is 18.0 Å². The lowest BCUT2D eigenvalue weighted by molar-refractivity contribution is 0.0318. The molecular weight excluding hydrogens is 334 g/mol. The first-order valence-corrected chi connectivity index (χ1v) is 8.86. The third kappa shape index (κ3) is 4.66. The van der Waals surface area contributed by atoms with E-state index in [-0.39, 0.29) is 5.56 Å². The summed E-state index contributed by atoms with van der Waals surface area (Å²) in [6.45, 7) is 1.47. The number of rotatable bonds is 6. The normalized spacial score (nSPS) is 12.5. The zero-order valence-electron chi connectivity index (χ0n) is 13.4. The van der Waals surface area contributed by atoms with Gasteiger partial charge >= 0.3 is 5.97 Å². The monoisotopic (exact) mass is 351 g/mol. The van der Waals surface area contributed by atoms with Gasteiger partial charge in [0.1, 0.15) is 0 Å². The number of aryl methyl sites for hydroxylation is 1. The number of ether oxygens (including phenoxy) is 1. The van der Waals surface area contributed by atoms with Crippen LogP contribution >= 0.6 is 0 Å². The van der Waals surface area contributed by atoms with E-state index in [1.54, 1.807) is 7.05 Å². The lowest BCUT2D eigenvalue weighted by atomic mass is 10.1. The Bertz CT molecular complexity index is 855. The summed E-state index contributed by atoms with van der Waals surface area (Å²) in [5.41, 5.74) is 0.902. The number of hydrogen-bond donors (Lipinski definition) is 1. The zero-order chi connectivity index (χ0) is 17.9. The molecule has 0 saturated carbocycles. The summed E-state index contributed by atoms with van der Waals surface area (Å²) >= 11 is 0. The summed E-state index contributed by atoms with van der Waals surface area (Å²) in [7, 11) is -1.72. The quantitative estimate of drug-likeness (QED) is 0.619. The molecule has 1 aromatic carbocycles. The Morgan fingerprint density at radius 2 is 1.83 bits per heavy atom. The topological polar surface area (TPSA) is 107 Å². The van der Waals surface area contributed by atoms with Crippen LogP contribution in [-0.4, -0.2) is 42.3 Å². The van der Waals surface area contributed by atoms with Gasteiger partial charge in [-0.25, -0.2) is 13.2 Å². The molecule has 0 aliphatic carbocycles. The molecule has 0 saturated heterocycles. The minimum absolute atomic E-state index is 0.254. The fourth-order valence-corrected chi connectivity index (χ4v) is 2.52. The first-order valence-electron chi connectivity index (χ1n) is 6.97. The minimum atomic E-state index is -3.38. The molecule has 1 N–H and O–H groups in total. The molecule has 0 spiro atoms. The number of benzene rings is 1. The smallest absolute Gasteiger partial charge is 0.342 e. The number of nitrogens with zero attached hydrogens (tertiary/aromatic N) is 2. The van der Waals surface area contributed by atoms with Crippen molar-refractivity contribution in [3.05, 3.63) is 47.8 Å². The van der Waals surface area contributed by atoms with Crippen molar-refractivity contribution >= 4 is 27.5 Å². The highest BCUT2D eigenvalue weighted by Gasteiger charge is 2.21. The molecule has 0 amide bonds. The Morgan fingerprint density at radius 1 is 1.21 bits per heavy atom. The summed E-state index contributed by atoms with van der Waals surface area (Å²) < 4.78 is 31.2. The van der Waals surface area contributed by atoms with Gasteiger partial charge in [0.05, 0.1) is 18.0 Å². The van der Waals surface area contributed by atoms with Crippen LogP contribution in [0.5, 0.6) is 0 Å². The first kappa shape index (κ1) is 17.7. The molecule has 2 aromatic rings. The zero-order valence-corrected chi connectivity index (χ0v) is 14.2. The molecule has 8 nitrogen and oxygen atoms in total. The number of nitrogens with one attached hydrogen (secondary N) is 1. The van der Waals surface area contributed by atoms with Crippen LogP contribution < -0.4 is 4.72 Å². The Kier molecular flexibility index (Phi) is 5.03. The van der Waals surface area contributed by atoms with E-state index >= 15 is 0 Å². The number of hydrogen-bond acceptors (Lipinski definition) is 6. The van der Waals surface area contributed by atoms with Crippen LogP contribution in [0.2, 0.25) is 0 Å². The van der Waals surface area contributed by atoms with Crippen molar-refractivity contribution < 1.29 is 22.7 Å². The number of Topliss-reactive ketones (excluding diaryl/α,β-unsaturated/α-hetero) is 1. The van der Waals surface area contributed by atoms with E-state index in [4.69, 9.17) is 4.74 Å². The summed E-state index contributed by atoms with van der Waals surface area (Å²) in [4.78, 5) is 24.2. The molecule has 1 aromatic heterocycles. The fraction of sp³-hybridized carbons (Fsp3) is 0.267. The van der Waals surface area contributed by atoms with Crippen LogP contribution in [0.15, 0.2) is 36.7 Å². The highest BCUT2D eigenvalue weighted by atomic mass is 32.2. The second kappa shape index (κ2) is 6.83. The fourth-order valence-electron chi connectivity index (χ4n) is 1.96. The third-order valence-corrected chi connectivity index (χ3v) is 3.67. The van der Waals surface area contributed by atoms with Crippen LogP contribution in [0.25, 0.3) is 0 Å². The van der Waals surface area contributed by atoms with Crippen molar-refractivity contribution in [2.24, 2.45) is 7.05 Å². The van der Waals surface area contributed by atoms with Crippen molar-refractivity contribution in [3.8, 4) is 0 Å². The van der Waals surface area contributed by atoms with Crippen molar-refractivity contribution in [3.63, 3.8) is 0 Å². The molecule has 0 aliphatic heterocycles. The molecule has 1 heterocycles. The SMILES string of the molecule is C[C@H](OC(=O)c1cnn(C)c1)C(=O)c1ccc(NS(C)(=O)=O)cc1. The summed E-state index contributed by atoms with van der Waals surface area (Å²) in [5.74, 6) is -1.03. The number of esters is 1. The average Bonchev–Trinajstić information content (AvgIpc) is 2.92. The summed E-state index contributed by atoms with van der Waals surface area (Å²) in [5, 5.41) is 3.86. The number of anilines is 1. The van der Waals surface area contributed by atoms with Crippen molar-refractivity contribution in [2.75, 3.05) is 11.0 Å². The van der Waals surface area contributed by atoms with Gasteiger partial charge in [0.15, 0.2) is 6.10 Å². The molecule has 0 bridgehead atoms. The van der Waals surface area contributed by atoms with Gasteiger partial charge in [-0.15, -0.1) is 0 Å². The van der Waals surface area contributed by atoms with Gasteiger partial charge in [0, 0.05) is 24.5 Å². The van der Waals surface area contributed by atoms with Gasteiger partial charge in [0.2, 0.25) is 15.8 Å². The van der Waals surface area contributed by atoms with Gasteiger partial charge in [-0.2, -0.15) is 5.10 Å². The molecule has 24 heavy (non-hydrogen) atoms. The number of ketones is 1. The number of aromatic nitrogens is 2. The third-order valence-electron chi connectivity index (χ3n) is 3.07. The van der Waals surface area contributed by atoms with Crippen LogP contribution in [0.1, 0.15) is 27.6 Å². The molecule has 2 rings (SSSR count). The second-order valence-electron chi connectivity index (χ2n) is 5.27. The van der Waals surface area contributed by atoms with Crippen LogP contribution in [-0.2, 0) is 21.8 Å². The standard InChI is InChI=1S/C15H17N3O5S/c1-10(23-15(20)12-8-16-18(2)9-12)14(19)11-4-6-13(7-5-11)17-24(3,21)22/h4-10,17H,1-3H3/t10-/m0/s1. The van der Waals surface area contributed by atoms with Gasteiger partial charge in [-0.3, -0.25) is 14.2 Å². The van der Waals surface area contributed by atoms with E-state index in [0.29, 0.717) is 11.3 Å². The van der Waals surface area contributed by atoms with Gasteiger partial charge in [-0.05, 0) is 31.2 Å². The Morgan fingerprint density at radius 3 is 2.33 bits per heavy atom. The molecule has 0 radical (unpaired) electrons. The predicted octanol–water partition coefficient (Wildman–Crippen LogP) is 1.22. The van der Waals surface area contributed by atoms with E-state index < -0.39 is 27.9 Å². The number of sulfonamides is 1. The van der Waals surface area contributed by atoms with E-state index in [1.165, 1.54) is 48.3 Å². The summed E-state index contributed by atoms with van der Waals surface area (Å²) in [6, 6.07) is 5.85. The van der Waals surface area contributed by atoms with Gasteiger partial charge in [-0.1, -0.05) is 0 Å². The number of carbonyl (C=O) groups is 2. The maximum absolute atomic E-state index is 12.3. The van der Waals surface area contributed by atoms with E-state index in [0.717, 1.165) is 6.26 Å². The highest BCUT2D eigenvalue weighted by molar-refractivity contribution is 7.92. The van der Waals surface area contributed by atoms with Crippen LogP contribution in [0.4, 0.5) is 5.69 Å². The number of carbonyl (C=O) groups excluding carboxylic acids is 2. The molecule has 0 unspecified atom stereocenters. The molecule has 0 fully saturated rings. The van der Waals surface area contributed by atoms with Crippen LogP contribution in [0.3, 0.4) is 0 Å². The molecular formula is C15H17N3O5S. The van der Waals surface area contributed by atoms with Gasteiger partial charge in [0.25, 0.3) is 0 Å². The van der Waals surface area contributed by atoms with E-state index in [2.05, 4.69) is 9.82 Å². The highest BCUT2D eigenvalue weighted by Crippen LogP contribution is 2.14. The minimum Gasteiger partial charge on any atom is -0.451 e. The lowest BCUT2D eigenvalue weighted by Gasteiger charge is -2.12. The average molecular weight is 351 g/mol. The Hall–Kier alpha value is -2.68. The second-order valence-corrected chi connectivity index (χ2v) is 7.01. The molecule has 0 aliphatic rings. The van der Waals surface area contributed by atoms with Crippen LogP contribution in [0, 0.1) is 0 Å². The maximum atomic E-state index is 12.3. The van der Waals surface area contributed by atoms with Gasteiger partial charge < -0.3 is 4.74 Å². The van der Waals surface area contributed by atoms with Crippen molar-refractivity contribution in [2.45, 2.75) is 13.0 Å². The molecule has 9 heteroatoms. The lowest BCUT2D eigenvalue weighted by Crippen LogP contribution is -2.24. The molecule has 128 valence electrons. The molecule has 1 atom stereocenters.